The van der Waals surface area contributed by atoms with Crippen molar-refractivity contribution in [1.82, 2.24) is 9.97 Å². The summed E-state index contributed by atoms with van der Waals surface area (Å²) in [4.78, 5) is 8.16. The molecule has 6 nitrogen and oxygen atoms in total. The van der Waals surface area contributed by atoms with Crippen LogP contribution in [0.1, 0.15) is 18.9 Å². The zero-order valence-corrected chi connectivity index (χ0v) is 11.6. The lowest BCUT2D eigenvalue weighted by atomic mass is 10.3. The van der Waals surface area contributed by atoms with Gasteiger partial charge >= 0.3 is 0 Å². The first-order chi connectivity index (χ1) is 9.72. The molecule has 0 aliphatic rings. The fourth-order valence-electron chi connectivity index (χ4n) is 1.53. The number of aromatic nitrogens is 2. The van der Waals surface area contributed by atoms with E-state index in [1.807, 2.05) is 31.2 Å². The average Bonchev–Trinajstić information content (AvgIpc) is 2.49. The number of nitrogens with one attached hydrogen (secondary N) is 1. The predicted octanol–water partition coefficient (Wildman–Crippen LogP) is 2.65. The molecule has 20 heavy (non-hydrogen) atoms. The summed E-state index contributed by atoms with van der Waals surface area (Å²) in [5.41, 5.74) is 3.22. The molecule has 0 saturated heterocycles. The van der Waals surface area contributed by atoms with Crippen molar-refractivity contribution in [2.24, 2.45) is 5.84 Å². The molecule has 3 N–H and O–H groups in total. The smallest absolute Gasteiger partial charge is 0.240 e. The van der Waals surface area contributed by atoms with Crippen LogP contribution in [0.5, 0.6) is 17.4 Å². The number of aryl methyl sites for hydroxylation is 1. The molecule has 0 aliphatic carbocycles. The molecule has 0 fully saturated rings. The van der Waals surface area contributed by atoms with Crippen molar-refractivity contribution in [3.8, 4) is 17.4 Å². The van der Waals surface area contributed by atoms with Crippen molar-refractivity contribution in [3.05, 3.63) is 36.0 Å². The maximum atomic E-state index is 5.71. The van der Waals surface area contributed by atoms with Gasteiger partial charge in [0.05, 0.1) is 6.61 Å². The second kappa shape index (κ2) is 6.72. The van der Waals surface area contributed by atoms with Crippen LogP contribution in [0.2, 0.25) is 0 Å². The van der Waals surface area contributed by atoms with Crippen molar-refractivity contribution in [1.29, 1.82) is 0 Å². The van der Waals surface area contributed by atoms with Crippen LogP contribution in [0, 0.1) is 6.92 Å². The lowest BCUT2D eigenvalue weighted by Crippen LogP contribution is -2.11. The van der Waals surface area contributed by atoms with Crippen LogP contribution in [0.25, 0.3) is 0 Å². The number of nitrogens with zero attached hydrogens (tertiary/aromatic N) is 2. The predicted molar refractivity (Wildman–Crippen MR) is 76.9 cm³/mol. The van der Waals surface area contributed by atoms with Gasteiger partial charge in [-0.05, 0) is 37.6 Å². The number of ether oxygens (including phenoxy) is 2. The first-order valence-corrected chi connectivity index (χ1v) is 6.44. The number of hydrogen-bond donors (Lipinski definition) is 2. The van der Waals surface area contributed by atoms with Gasteiger partial charge in [-0.25, -0.2) is 10.8 Å². The summed E-state index contributed by atoms with van der Waals surface area (Å²) >= 11 is 0. The number of hydrazine groups is 1. The largest absolute Gasteiger partial charge is 0.494 e. The monoisotopic (exact) mass is 274 g/mol. The van der Waals surface area contributed by atoms with Gasteiger partial charge in [0.25, 0.3) is 0 Å². The summed E-state index contributed by atoms with van der Waals surface area (Å²) in [6.07, 6.45) is 2.63. The molecule has 0 spiro atoms. The number of rotatable bonds is 6. The first-order valence-electron chi connectivity index (χ1n) is 6.44. The number of nitrogens with two attached hydrogens (primary N) is 1. The Hall–Kier alpha value is -2.34. The molecular weight excluding hydrogens is 256 g/mol. The first kappa shape index (κ1) is 14.1. The molecule has 1 aromatic heterocycles. The quantitative estimate of drug-likeness (QED) is 0.622. The van der Waals surface area contributed by atoms with Gasteiger partial charge in [0.15, 0.2) is 0 Å². The number of hydrogen-bond acceptors (Lipinski definition) is 6. The fraction of sp³-hybridized carbons (Fsp3) is 0.286. The van der Waals surface area contributed by atoms with Crippen molar-refractivity contribution in [2.45, 2.75) is 20.3 Å². The highest BCUT2D eigenvalue weighted by Crippen LogP contribution is 2.25. The van der Waals surface area contributed by atoms with Crippen LogP contribution in [-0.2, 0) is 0 Å². The molecule has 0 bridgehead atoms. The number of anilines is 1. The van der Waals surface area contributed by atoms with Crippen molar-refractivity contribution in [2.75, 3.05) is 12.0 Å². The van der Waals surface area contributed by atoms with E-state index < -0.39 is 0 Å². The summed E-state index contributed by atoms with van der Waals surface area (Å²) < 4.78 is 11.2. The third-order valence-corrected chi connectivity index (χ3v) is 2.57. The Morgan fingerprint density at radius 1 is 1.20 bits per heavy atom. The molecule has 2 aromatic rings. The van der Waals surface area contributed by atoms with Gasteiger partial charge in [-0.1, -0.05) is 6.92 Å². The van der Waals surface area contributed by atoms with Gasteiger partial charge in [0.2, 0.25) is 11.8 Å². The van der Waals surface area contributed by atoms with Gasteiger partial charge in [-0.15, -0.1) is 0 Å². The summed E-state index contributed by atoms with van der Waals surface area (Å²) in [5, 5.41) is 0. The lowest BCUT2D eigenvalue weighted by molar-refractivity contribution is 0.317. The average molecular weight is 274 g/mol. The molecular formula is C14H18N4O2. The Morgan fingerprint density at radius 2 is 1.90 bits per heavy atom. The van der Waals surface area contributed by atoms with Crippen LogP contribution in [0.15, 0.2) is 30.5 Å². The summed E-state index contributed by atoms with van der Waals surface area (Å²) in [7, 11) is 0. The normalized spacial score (nSPS) is 10.2. The molecule has 0 amide bonds. The maximum Gasteiger partial charge on any atom is 0.240 e. The zero-order valence-electron chi connectivity index (χ0n) is 11.6. The van der Waals surface area contributed by atoms with Gasteiger partial charge in [0.1, 0.15) is 11.5 Å². The Balaban J connectivity index is 2.09. The number of nitrogen functional groups attached to an aromatic ring is 1. The van der Waals surface area contributed by atoms with Crippen LogP contribution >= 0.6 is 0 Å². The minimum Gasteiger partial charge on any atom is -0.494 e. The van der Waals surface area contributed by atoms with Gasteiger partial charge in [-0.2, -0.15) is 4.98 Å². The highest BCUT2D eigenvalue weighted by atomic mass is 16.5. The summed E-state index contributed by atoms with van der Waals surface area (Å²) in [5.74, 6) is 7.56. The van der Waals surface area contributed by atoms with Gasteiger partial charge in [-0.3, -0.25) is 5.43 Å². The number of benzene rings is 1. The van der Waals surface area contributed by atoms with Gasteiger partial charge < -0.3 is 9.47 Å². The van der Waals surface area contributed by atoms with Crippen LogP contribution < -0.4 is 20.7 Å². The van der Waals surface area contributed by atoms with Crippen molar-refractivity contribution >= 4 is 5.95 Å². The molecule has 1 heterocycles. The van der Waals surface area contributed by atoms with E-state index in [0.29, 0.717) is 24.2 Å². The van der Waals surface area contributed by atoms with Crippen molar-refractivity contribution in [3.63, 3.8) is 0 Å². The maximum absolute atomic E-state index is 5.71. The Labute approximate surface area is 117 Å². The molecule has 0 aliphatic heterocycles. The molecule has 0 atom stereocenters. The van der Waals surface area contributed by atoms with E-state index in [2.05, 4.69) is 22.3 Å². The lowest BCUT2D eigenvalue weighted by Gasteiger charge is -2.09. The molecule has 106 valence electrons. The Kier molecular flexibility index (Phi) is 4.73. The molecule has 0 unspecified atom stereocenters. The van der Waals surface area contributed by atoms with E-state index in [1.165, 1.54) is 0 Å². The van der Waals surface area contributed by atoms with Crippen LogP contribution in [-0.4, -0.2) is 16.6 Å². The van der Waals surface area contributed by atoms with E-state index >= 15 is 0 Å². The van der Waals surface area contributed by atoms with Crippen LogP contribution in [0.4, 0.5) is 5.95 Å². The molecule has 1 aromatic carbocycles. The van der Waals surface area contributed by atoms with Crippen LogP contribution in [0.3, 0.4) is 0 Å². The second-order valence-corrected chi connectivity index (χ2v) is 4.25. The van der Waals surface area contributed by atoms with E-state index in [-0.39, 0.29) is 0 Å². The zero-order chi connectivity index (χ0) is 14.4. The SMILES string of the molecule is CCCOc1ccc(Oc2nc(NN)ncc2C)cc1. The standard InChI is InChI=1S/C14H18N4O2/c1-3-8-19-11-4-6-12(7-5-11)20-13-10(2)9-16-14(17-13)18-15/h4-7,9H,3,8,15H2,1-2H3,(H,16,17,18). The third-order valence-electron chi connectivity index (χ3n) is 2.57. The van der Waals surface area contributed by atoms with E-state index in [4.69, 9.17) is 15.3 Å². The summed E-state index contributed by atoms with van der Waals surface area (Å²) in [6, 6.07) is 7.40. The highest BCUT2D eigenvalue weighted by molar-refractivity contribution is 5.37. The Bertz CT molecular complexity index is 558. The highest BCUT2D eigenvalue weighted by Gasteiger charge is 2.06. The molecule has 2 rings (SSSR count). The molecule has 0 radical (unpaired) electrons. The molecule has 6 heteroatoms. The minimum atomic E-state index is 0.313. The van der Waals surface area contributed by atoms with E-state index in [9.17, 15) is 0 Å². The third kappa shape index (κ3) is 3.58. The molecule has 0 saturated carbocycles. The minimum absolute atomic E-state index is 0.313. The van der Waals surface area contributed by atoms with E-state index in [0.717, 1.165) is 17.7 Å². The fourth-order valence-corrected chi connectivity index (χ4v) is 1.53. The topological polar surface area (TPSA) is 82.3 Å². The van der Waals surface area contributed by atoms with Crippen molar-refractivity contribution < 1.29 is 9.47 Å². The second-order valence-electron chi connectivity index (χ2n) is 4.25. The summed E-state index contributed by atoms with van der Waals surface area (Å²) in [6.45, 7) is 4.64. The van der Waals surface area contributed by atoms with E-state index in [1.54, 1.807) is 6.20 Å². The van der Waals surface area contributed by atoms with Gasteiger partial charge in [0, 0.05) is 11.8 Å². The Morgan fingerprint density at radius 3 is 2.55 bits per heavy atom.